The summed E-state index contributed by atoms with van der Waals surface area (Å²) in [4.78, 5) is 23.2. The Morgan fingerprint density at radius 1 is 1.29 bits per heavy atom. The minimum Gasteiger partial charge on any atom is -0.480 e. The Morgan fingerprint density at radius 2 is 1.90 bits per heavy atom. The Balaban J connectivity index is 3.04. The number of carbonyl (C=O) groups is 2. The van der Waals surface area contributed by atoms with Crippen molar-refractivity contribution in [2.45, 2.75) is 31.7 Å². The van der Waals surface area contributed by atoms with Crippen LogP contribution in [0.3, 0.4) is 0 Å². The summed E-state index contributed by atoms with van der Waals surface area (Å²) in [5.41, 5.74) is 0.122. The zero-order valence-electron chi connectivity index (χ0n) is 12.2. The van der Waals surface area contributed by atoms with Gasteiger partial charge in [-0.3, -0.25) is 4.79 Å². The number of amides is 1. The molecule has 116 valence electrons. The van der Waals surface area contributed by atoms with Crippen LogP contribution in [-0.4, -0.2) is 37.2 Å². The van der Waals surface area contributed by atoms with Crippen molar-refractivity contribution in [3.05, 3.63) is 29.8 Å². The number of carbonyl (C=O) groups excluding carboxylic acids is 1. The molecule has 1 aromatic rings. The number of carboxylic acids is 1. The van der Waals surface area contributed by atoms with Crippen LogP contribution in [0.2, 0.25) is 0 Å². The van der Waals surface area contributed by atoms with Crippen molar-refractivity contribution in [2.75, 3.05) is 5.75 Å². The second kappa shape index (κ2) is 6.71. The Kier molecular flexibility index (Phi) is 5.48. The fourth-order valence-corrected chi connectivity index (χ4v) is 2.66. The number of rotatable bonds is 6. The van der Waals surface area contributed by atoms with Gasteiger partial charge in [0.25, 0.3) is 5.91 Å². The van der Waals surface area contributed by atoms with Crippen LogP contribution in [0.15, 0.2) is 29.2 Å². The molecule has 1 atom stereocenters. The topological polar surface area (TPSA) is 101 Å². The van der Waals surface area contributed by atoms with Gasteiger partial charge in [0, 0.05) is 5.56 Å². The van der Waals surface area contributed by atoms with Gasteiger partial charge in [0.1, 0.15) is 6.04 Å². The zero-order valence-corrected chi connectivity index (χ0v) is 13.0. The minimum atomic E-state index is -3.41. The summed E-state index contributed by atoms with van der Waals surface area (Å²) in [5, 5.41) is 11.4. The third-order valence-electron chi connectivity index (χ3n) is 3.05. The number of carboxylic acid groups (broad SMARTS) is 1. The second-order valence-corrected chi connectivity index (χ2v) is 7.24. The molecule has 1 rings (SSSR count). The quantitative estimate of drug-likeness (QED) is 0.825. The maximum absolute atomic E-state index is 12.1. The summed E-state index contributed by atoms with van der Waals surface area (Å²) in [6.07, 6.45) is 0. The normalized spacial score (nSPS) is 13.0. The van der Waals surface area contributed by atoms with Gasteiger partial charge in [-0.05, 0) is 24.1 Å². The van der Waals surface area contributed by atoms with Crippen LogP contribution < -0.4 is 5.32 Å². The van der Waals surface area contributed by atoms with Crippen LogP contribution in [0, 0.1) is 5.92 Å². The highest BCUT2D eigenvalue weighted by atomic mass is 32.2. The third-order valence-corrected chi connectivity index (χ3v) is 4.79. The Morgan fingerprint density at radius 3 is 2.38 bits per heavy atom. The van der Waals surface area contributed by atoms with E-state index in [2.05, 4.69) is 5.32 Å². The van der Waals surface area contributed by atoms with Gasteiger partial charge in [-0.15, -0.1) is 0 Å². The van der Waals surface area contributed by atoms with E-state index < -0.39 is 27.8 Å². The molecule has 0 aromatic heterocycles. The summed E-state index contributed by atoms with van der Waals surface area (Å²) < 4.78 is 23.6. The van der Waals surface area contributed by atoms with E-state index in [0.29, 0.717) is 0 Å². The molecule has 0 saturated heterocycles. The lowest BCUT2D eigenvalue weighted by molar-refractivity contribution is -0.140. The first-order valence-electron chi connectivity index (χ1n) is 6.55. The predicted molar refractivity (Wildman–Crippen MR) is 77.9 cm³/mol. The highest BCUT2D eigenvalue weighted by molar-refractivity contribution is 7.91. The maximum Gasteiger partial charge on any atom is 0.326 e. The predicted octanol–water partition coefficient (Wildman–Crippen LogP) is 1.32. The smallest absolute Gasteiger partial charge is 0.326 e. The van der Waals surface area contributed by atoms with Crippen molar-refractivity contribution in [3.63, 3.8) is 0 Å². The maximum atomic E-state index is 12.1. The summed E-state index contributed by atoms with van der Waals surface area (Å²) >= 11 is 0. The van der Waals surface area contributed by atoms with Gasteiger partial charge in [0.05, 0.1) is 10.6 Å². The molecule has 0 radical (unpaired) electrons. The number of hydrogen-bond donors (Lipinski definition) is 2. The fourth-order valence-electron chi connectivity index (χ4n) is 1.74. The Bertz CT molecular complexity index is 637. The van der Waals surface area contributed by atoms with Gasteiger partial charge < -0.3 is 10.4 Å². The molecule has 0 heterocycles. The van der Waals surface area contributed by atoms with E-state index in [9.17, 15) is 18.0 Å². The van der Waals surface area contributed by atoms with Gasteiger partial charge in [-0.25, -0.2) is 13.2 Å². The van der Waals surface area contributed by atoms with E-state index in [0.717, 1.165) is 0 Å². The second-order valence-electron chi connectivity index (χ2n) is 4.96. The first-order valence-corrected chi connectivity index (χ1v) is 8.20. The number of nitrogens with one attached hydrogen (secondary N) is 1. The lowest BCUT2D eigenvalue weighted by Gasteiger charge is -2.18. The van der Waals surface area contributed by atoms with Crippen molar-refractivity contribution >= 4 is 21.7 Å². The van der Waals surface area contributed by atoms with Gasteiger partial charge >= 0.3 is 5.97 Å². The molecule has 21 heavy (non-hydrogen) atoms. The molecule has 0 aliphatic heterocycles. The average molecular weight is 313 g/mol. The number of aliphatic carboxylic acids is 1. The summed E-state index contributed by atoms with van der Waals surface area (Å²) in [6.45, 7) is 4.87. The first-order chi connectivity index (χ1) is 9.69. The van der Waals surface area contributed by atoms with Crippen molar-refractivity contribution in [1.82, 2.24) is 5.32 Å². The number of sulfone groups is 1. The number of hydrogen-bond acceptors (Lipinski definition) is 4. The van der Waals surface area contributed by atoms with Crippen molar-refractivity contribution in [2.24, 2.45) is 5.92 Å². The van der Waals surface area contributed by atoms with Crippen LogP contribution in [0.4, 0.5) is 0 Å². The largest absolute Gasteiger partial charge is 0.480 e. The van der Waals surface area contributed by atoms with E-state index in [1.54, 1.807) is 13.8 Å². The molecule has 0 bridgehead atoms. The molecule has 1 amide bonds. The molecule has 0 aliphatic rings. The third kappa shape index (κ3) is 4.29. The molecule has 6 nitrogen and oxygen atoms in total. The van der Waals surface area contributed by atoms with Crippen LogP contribution in [-0.2, 0) is 14.6 Å². The highest BCUT2D eigenvalue weighted by Gasteiger charge is 2.24. The van der Waals surface area contributed by atoms with Crippen LogP contribution >= 0.6 is 0 Å². The summed E-state index contributed by atoms with van der Waals surface area (Å²) in [5.74, 6) is -2.09. The molecule has 0 fully saturated rings. The molecule has 1 aromatic carbocycles. The molecule has 7 heteroatoms. The summed E-state index contributed by atoms with van der Waals surface area (Å²) in [7, 11) is -3.41. The molecule has 0 saturated carbocycles. The van der Waals surface area contributed by atoms with E-state index >= 15 is 0 Å². The molecule has 2 N–H and O–H groups in total. The number of benzene rings is 1. The molecular formula is C14H19NO5S. The van der Waals surface area contributed by atoms with E-state index in [1.165, 1.54) is 31.2 Å². The Hall–Kier alpha value is -1.89. The Labute approximate surface area is 124 Å². The van der Waals surface area contributed by atoms with Crippen LogP contribution in [0.25, 0.3) is 0 Å². The van der Waals surface area contributed by atoms with Gasteiger partial charge in [-0.1, -0.05) is 26.8 Å². The fraction of sp³-hybridized carbons (Fsp3) is 0.429. The van der Waals surface area contributed by atoms with E-state index in [-0.39, 0.29) is 22.1 Å². The zero-order chi connectivity index (χ0) is 16.2. The first kappa shape index (κ1) is 17.2. The monoisotopic (exact) mass is 313 g/mol. The van der Waals surface area contributed by atoms with Crippen molar-refractivity contribution in [3.8, 4) is 0 Å². The highest BCUT2D eigenvalue weighted by Crippen LogP contribution is 2.14. The minimum absolute atomic E-state index is 0.0501. The standard InChI is InChI=1S/C14H19NO5S/c1-4-21(19,20)11-7-5-6-10(8-11)13(16)15-12(9(2)3)14(17)18/h5-9,12H,4H2,1-3H3,(H,15,16)(H,17,18)/t12-/m1/s1. The van der Waals surface area contributed by atoms with Gasteiger partial charge in [0.15, 0.2) is 9.84 Å². The average Bonchev–Trinajstić information content (AvgIpc) is 2.43. The lowest BCUT2D eigenvalue weighted by Crippen LogP contribution is -2.44. The SMILES string of the molecule is CCS(=O)(=O)c1cccc(C(=O)N[C@@H](C(=O)O)C(C)C)c1. The molecule has 0 unspecified atom stereocenters. The molecular weight excluding hydrogens is 294 g/mol. The van der Waals surface area contributed by atoms with Crippen molar-refractivity contribution in [1.29, 1.82) is 0 Å². The van der Waals surface area contributed by atoms with Crippen LogP contribution in [0.1, 0.15) is 31.1 Å². The van der Waals surface area contributed by atoms with Crippen LogP contribution in [0.5, 0.6) is 0 Å². The lowest BCUT2D eigenvalue weighted by atomic mass is 10.0. The van der Waals surface area contributed by atoms with Gasteiger partial charge in [-0.2, -0.15) is 0 Å². The molecule has 0 spiro atoms. The van der Waals surface area contributed by atoms with E-state index in [1.807, 2.05) is 0 Å². The summed E-state index contributed by atoms with van der Waals surface area (Å²) in [6, 6.07) is 4.55. The molecule has 0 aliphatic carbocycles. The van der Waals surface area contributed by atoms with Gasteiger partial charge in [0.2, 0.25) is 0 Å². The van der Waals surface area contributed by atoms with E-state index in [4.69, 9.17) is 5.11 Å². The van der Waals surface area contributed by atoms with Crippen molar-refractivity contribution < 1.29 is 23.1 Å².